The van der Waals surface area contributed by atoms with Crippen LogP contribution in [0.2, 0.25) is 0 Å². The van der Waals surface area contributed by atoms with E-state index in [4.69, 9.17) is 10.8 Å². The first-order valence-electron chi connectivity index (χ1n) is 6.45. The minimum Gasteiger partial charge on any atom is -0.394 e. The number of nitrogens with zero attached hydrogens (tertiary/aromatic N) is 2. The zero-order valence-electron chi connectivity index (χ0n) is 11.8. The van der Waals surface area contributed by atoms with Gasteiger partial charge in [0.25, 0.3) is 5.91 Å². The summed E-state index contributed by atoms with van der Waals surface area (Å²) in [6.45, 7) is 1.07. The van der Waals surface area contributed by atoms with Crippen LogP contribution in [0.5, 0.6) is 0 Å². The SMILES string of the molecule is Cc1c(C(=O)NC(CO)C(N)=O)cnn1-c1ccc(F)cc1. The Bertz CT molecular complexity index is 697. The van der Waals surface area contributed by atoms with Crippen molar-refractivity contribution < 1.29 is 19.1 Å². The number of carbonyl (C=O) groups excluding carboxylic acids is 2. The standard InChI is InChI=1S/C14H15FN4O3/c1-8-11(14(22)18-12(7-20)13(16)21)6-17-19(8)10-4-2-9(15)3-5-10/h2-6,12,20H,7H2,1H3,(H2,16,21)(H,18,22). The molecule has 0 saturated carbocycles. The number of aliphatic hydroxyl groups is 1. The number of aromatic nitrogens is 2. The van der Waals surface area contributed by atoms with Gasteiger partial charge in [-0.15, -0.1) is 0 Å². The van der Waals surface area contributed by atoms with Gasteiger partial charge in [0.1, 0.15) is 11.9 Å². The molecule has 0 fully saturated rings. The lowest BCUT2D eigenvalue weighted by Crippen LogP contribution is -2.46. The molecule has 0 spiro atoms. The van der Waals surface area contributed by atoms with Crippen molar-refractivity contribution in [1.82, 2.24) is 15.1 Å². The monoisotopic (exact) mass is 306 g/mol. The minimum atomic E-state index is -1.17. The number of amides is 2. The van der Waals surface area contributed by atoms with Crippen molar-refractivity contribution >= 4 is 11.8 Å². The highest BCUT2D eigenvalue weighted by Gasteiger charge is 2.21. The van der Waals surface area contributed by atoms with E-state index in [1.807, 2.05) is 0 Å². The average Bonchev–Trinajstić information content (AvgIpc) is 2.87. The van der Waals surface area contributed by atoms with Gasteiger partial charge < -0.3 is 16.2 Å². The number of carbonyl (C=O) groups is 2. The molecule has 1 unspecified atom stereocenters. The number of hydrogen-bond donors (Lipinski definition) is 3. The first-order chi connectivity index (χ1) is 10.4. The summed E-state index contributed by atoms with van der Waals surface area (Å²) in [5, 5.41) is 15.4. The number of benzene rings is 1. The van der Waals surface area contributed by atoms with Crippen molar-refractivity contribution in [2.75, 3.05) is 6.61 Å². The van der Waals surface area contributed by atoms with Crippen LogP contribution < -0.4 is 11.1 Å². The number of hydrogen-bond acceptors (Lipinski definition) is 4. The summed E-state index contributed by atoms with van der Waals surface area (Å²) in [4.78, 5) is 23.1. The second-order valence-electron chi connectivity index (χ2n) is 4.64. The van der Waals surface area contributed by atoms with E-state index in [1.165, 1.54) is 35.1 Å². The van der Waals surface area contributed by atoms with Gasteiger partial charge in [-0.05, 0) is 31.2 Å². The van der Waals surface area contributed by atoms with E-state index < -0.39 is 24.5 Å². The molecule has 0 bridgehead atoms. The van der Waals surface area contributed by atoms with Gasteiger partial charge in [-0.1, -0.05) is 0 Å². The highest BCUT2D eigenvalue weighted by molar-refractivity contribution is 5.98. The molecule has 0 aliphatic rings. The summed E-state index contributed by atoms with van der Waals surface area (Å²) in [5.41, 5.74) is 6.37. The largest absolute Gasteiger partial charge is 0.394 e. The Morgan fingerprint density at radius 2 is 2.05 bits per heavy atom. The fourth-order valence-electron chi connectivity index (χ4n) is 1.92. The number of rotatable bonds is 5. The third kappa shape index (κ3) is 3.12. The van der Waals surface area contributed by atoms with Gasteiger partial charge in [0.15, 0.2) is 0 Å². The van der Waals surface area contributed by atoms with Crippen molar-refractivity contribution in [2.24, 2.45) is 5.73 Å². The van der Waals surface area contributed by atoms with Crippen LogP contribution in [0.25, 0.3) is 5.69 Å². The Balaban J connectivity index is 2.25. The topological polar surface area (TPSA) is 110 Å². The number of nitrogens with one attached hydrogen (secondary N) is 1. The van der Waals surface area contributed by atoms with Crippen LogP contribution in [0.1, 0.15) is 16.1 Å². The van der Waals surface area contributed by atoms with Crippen molar-refractivity contribution in [2.45, 2.75) is 13.0 Å². The molecule has 1 aromatic carbocycles. The van der Waals surface area contributed by atoms with E-state index in [1.54, 1.807) is 6.92 Å². The number of nitrogens with two attached hydrogens (primary N) is 1. The number of halogens is 1. The Hall–Kier alpha value is -2.74. The van der Waals surface area contributed by atoms with Gasteiger partial charge in [-0.3, -0.25) is 9.59 Å². The van der Waals surface area contributed by atoms with E-state index in [0.717, 1.165) is 0 Å². The van der Waals surface area contributed by atoms with Crippen LogP contribution in [0.15, 0.2) is 30.5 Å². The molecule has 0 saturated heterocycles. The van der Waals surface area contributed by atoms with E-state index in [9.17, 15) is 14.0 Å². The second-order valence-corrected chi connectivity index (χ2v) is 4.64. The molecule has 22 heavy (non-hydrogen) atoms. The third-order valence-corrected chi connectivity index (χ3v) is 3.16. The zero-order valence-corrected chi connectivity index (χ0v) is 11.8. The highest BCUT2D eigenvalue weighted by Crippen LogP contribution is 2.14. The maximum absolute atomic E-state index is 12.9. The molecule has 1 heterocycles. The smallest absolute Gasteiger partial charge is 0.255 e. The quantitative estimate of drug-likeness (QED) is 0.716. The first-order valence-corrected chi connectivity index (χ1v) is 6.45. The molecular weight excluding hydrogens is 291 g/mol. The Morgan fingerprint density at radius 3 is 2.59 bits per heavy atom. The van der Waals surface area contributed by atoms with E-state index >= 15 is 0 Å². The highest BCUT2D eigenvalue weighted by atomic mass is 19.1. The van der Waals surface area contributed by atoms with Crippen molar-refractivity contribution in [3.8, 4) is 5.69 Å². The molecule has 0 aliphatic heterocycles. The van der Waals surface area contributed by atoms with Crippen LogP contribution in [-0.2, 0) is 4.79 Å². The second kappa shape index (κ2) is 6.35. The summed E-state index contributed by atoms with van der Waals surface area (Å²) in [7, 11) is 0. The number of aliphatic hydroxyl groups excluding tert-OH is 1. The molecular formula is C14H15FN4O3. The zero-order chi connectivity index (χ0) is 16.3. The van der Waals surface area contributed by atoms with Crippen molar-refractivity contribution in [3.63, 3.8) is 0 Å². The normalized spacial score (nSPS) is 12.0. The van der Waals surface area contributed by atoms with Crippen LogP contribution in [0.4, 0.5) is 4.39 Å². The summed E-state index contributed by atoms with van der Waals surface area (Å²) < 4.78 is 14.4. The average molecular weight is 306 g/mol. The molecule has 8 heteroatoms. The fourth-order valence-corrected chi connectivity index (χ4v) is 1.92. The van der Waals surface area contributed by atoms with Gasteiger partial charge in [0.05, 0.1) is 29.7 Å². The molecule has 7 nitrogen and oxygen atoms in total. The van der Waals surface area contributed by atoms with Crippen LogP contribution in [0.3, 0.4) is 0 Å². The van der Waals surface area contributed by atoms with Gasteiger partial charge in [-0.2, -0.15) is 5.10 Å². The van der Waals surface area contributed by atoms with Crippen LogP contribution in [-0.4, -0.2) is 39.4 Å². The van der Waals surface area contributed by atoms with Crippen molar-refractivity contribution in [1.29, 1.82) is 0 Å². The van der Waals surface area contributed by atoms with Crippen LogP contribution in [0, 0.1) is 12.7 Å². The molecule has 1 atom stereocenters. The predicted molar refractivity (Wildman–Crippen MR) is 75.8 cm³/mol. The Labute approximate surface area is 125 Å². The predicted octanol–water partition coefficient (Wildman–Crippen LogP) is -0.104. The molecule has 2 amide bonds. The van der Waals surface area contributed by atoms with E-state index in [2.05, 4.69) is 10.4 Å². The van der Waals surface area contributed by atoms with E-state index in [0.29, 0.717) is 11.4 Å². The molecule has 0 aliphatic carbocycles. The van der Waals surface area contributed by atoms with Crippen LogP contribution >= 0.6 is 0 Å². The number of primary amides is 1. The lowest BCUT2D eigenvalue weighted by Gasteiger charge is -2.12. The summed E-state index contributed by atoms with van der Waals surface area (Å²) in [5.74, 6) is -1.79. The van der Waals surface area contributed by atoms with Crippen molar-refractivity contribution in [3.05, 3.63) is 47.5 Å². The molecule has 0 radical (unpaired) electrons. The summed E-state index contributed by atoms with van der Waals surface area (Å²) >= 11 is 0. The lowest BCUT2D eigenvalue weighted by atomic mass is 10.2. The van der Waals surface area contributed by atoms with Gasteiger partial charge >= 0.3 is 0 Å². The van der Waals surface area contributed by atoms with E-state index in [-0.39, 0.29) is 11.4 Å². The Morgan fingerprint density at radius 1 is 1.41 bits per heavy atom. The third-order valence-electron chi connectivity index (χ3n) is 3.16. The summed E-state index contributed by atoms with van der Waals surface area (Å²) in [6.07, 6.45) is 1.32. The van der Waals surface area contributed by atoms with Gasteiger partial charge in [0.2, 0.25) is 5.91 Å². The summed E-state index contributed by atoms with van der Waals surface area (Å²) in [6, 6.07) is 4.45. The molecule has 1 aromatic heterocycles. The van der Waals surface area contributed by atoms with Gasteiger partial charge in [0, 0.05) is 0 Å². The minimum absolute atomic E-state index is 0.226. The molecule has 116 valence electrons. The fraction of sp³-hybridized carbons (Fsp3) is 0.214. The maximum atomic E-state index is 12.9. The molecule has 2 aromatic rings. The first kappa shape index (κ1) is 15.6. The molecule has 4 N–H and O–H groups in total. The van der Waals surface area contributed by atoms with Gasteiger partial charge in [-0.25, -0.2) is 9.07 Å². The maximum Gasteiger partial charge on any atom is 0.255 e. The lowest BCUT2D eigenvalue weighted by molar-refractivity contribution is -0.120. The Kier molecular flexibility index (Phi) is 4.52. The molecule has 2 rings (SSSR count).